The number of aliphatic hydroxyl groups excluding tert-OH is 2. The zero-order valence-corrected chi connectivity index (χ0v) is 5.74. The molecular weight excluding hydrogens is 132 g/mol. The summed E-state index contributed by atoms with van der Waals surface area (Å²) in [4.78, 5) is 10.6. The molecule has 0 radical (unpaired) electrons. The number of carbonyl (C=O) groups is 1. The van der Waals surface area contributed by atoms with Crippen molar-refractivity contribution >= 4 is 5.78 Å². The molecule has 2 atom stereocenters. The summed E-state index contributed by atoms with van der Waals surface area (Å²) in [5.74, 6) is -0.108. The van der Waals surface area contributed by atoms with Crippen LogP contribution in [0.4, 0.5) is 0 Å². The molecule has 56 valence electrons. The molecule has 1 rings (SSSR count). The highest BCUT2D eigenvalue weighted by Crippen LogP contribution is 2.18. The number of rotatable bonds is 1. The number of carbonyl (C=O) groups excluding carboxylic acids is 1. The molecule has 1 aliphatic carbocycles. The number of ketones is 1. The molecule has 0 aromatic carbocycles. The van der Waals surface area contributed by atoms with Gasteiger partial charge >= 0.3 is 0 Å². The SMILES string of the molecule is CC(O)C1=CC(=O)CC1O. The first kappa shape index (κ1) is 7.44. The molecule has 3 nitrogen and oxygen atoms in total. The van der Waals surface area contributed by atoms with Crippen LogP contribution in [-0.4, -0.2) is 28.2 Å². The molecule has 0 amide bonds. The lowest BCUT2D eigenvalue weighted by Gasteiger charge is -2.08. The van der Waals surface area contributed by atoms with Gasteiger partial charge in [-0.1, -0.05) is 0 Å². The Hall–Kier alpha value is -0.670. The fraction of sp³-hybridized carbons (Fsp3) is 0.571. The van der Waals surface area contributed by atoms with E-state index < -0.39 is 12.2 Å². The van der Waals surface area contributed by atoms with Gasteiger partial charge in [0, 0.05) is 6.42 Å². The van der Waals surface area contributed by atoms with Crippen LogP contribution in [0.2, 0.25) is 0 Å². The quantitative estimate of drug-likeness (QED) is 0.525. The molecule has 0 aliphatic heterocycles. The third kappa shape index (κ3) is 1.25. The maximum absolute atomic E-state index is 10.6. The summed E-state index contributed by atoms with van der Waals surface area (Å²) in [5, 5.41) is 18.0. The lowest BCUT2D eigenvalue weighted by molar-refractivity contribution is -0.114. The van der Waals surface area contributed by atoms with Gasteiger partial charge in [-0.2, -0.15) is 0 Å². The van der Waals surface area contributed by atoms with Crippen molar-refractivity contribution in [2.75, 3.05) is 0 Å². The second kappa shape index (κ2) is 2.52. The van der Waals surface area contributed by atoms with E-state index in [9.17, 15) is 4.79 Å². The van der Waals surface area contributed by atoms with E-state index in [2.05, 4.69) is 0 Å². The second-order valence-corrected chi connectivity index (χ2v) is 2.51. The van der Waals surface area contributed by atoms with Crippen LogP contribution in [0, 0.1) is 0 Å². The van der Waals surface area contributed by atoms with Gasteiger partial charge in [0.1, 0.15) is 0 Å². The van der Waals surface area contributed by atoms with Crippen molar-refractivity contribution in [2.45, 2.75) is 25.6 Å². The van der Waals surface area contributed by atoms with E-state index in [4.69, 9.17) is 10.2 Å². The number of aliphatic hydroxyl groups is 2. The van der Waals surface area contributed by atoms with Gasteiger partial charge in [0.05, 0.1) is 12.2 Å². The highest BCUT2D eigenvalue weighted by molar-refractivity contribution is 5.94. The molecule has 1 aliphatic rings. The Kier molecular flexibility index (Phi) is 1.87. The van der Waals surface area contributed by atoms with Gasteiger partial charge in [-0.05, 0) is 18.6 Å². The van der Waals surface area contributed by atoms with Gasteiger partial charge in [0.15, 0.2) is 5.78 Å². The summed E-state index contributed by atoms with van der Waals surface area (Å²) in [7, 11) is 0. The molecule has 0 aromatic rings. The van der Waals surface area contributed by atoms with Crippen molar-refractivity contribution in [3.63, 3.8) is 0 Å². The van der Waals surface area contributed by atoms with E-state index >= 15 is 0 Å². The van der Waals surface area contributed by atoms with E-state index in [0.29, 0.717) is 5.57 Å². The zero-order valence-electron chi connectivity index (χ0n) is 5.74. The first-order chi connectivity index (χ1) is 4.61. The highest BCUT2D eigenvalue weighted by Gasteiger charge is 2.24. The van der Waals surface area contributed by atoms with Gasteiger partial charge in [-0.15, -0.1) is 0 Å². The minimum absolute atomic E-state index is 0.108. The minimum atomic E-state index is -0.757. The Balaban J connectivity index is 2.75. The zero-order chi connectivity index (χ0) is 7.72. The summed E-state index contributed by atoms with van der Waals surface area (Å²) in [6.45, 7) is 1.54. The molecule has 2 N–H and O–H groups in total. The molecule has 0 saturated carbocycles. The molecule has 3 heteroatoms. The summed E-state index contributed by atoms with van der Waals surface area (Å²) >= 11 is 0. The van der Waals surface area contributed by atoms with Crippen molar-refractivity contribution in [3.8, 4) is 0 Å². The third-order valence-corrected chi connectivity index (χ3v) is 1.59. The summed E-state index contributed by atoms with van der Waals surface area (Å²) < 4.78 is 0. The second-order valence-electron chi connectivity index (χ2n) is 2.51. The smallest absolute Gasteiger partial charge is 0.158 e. The van der Waals surface area contributed by atoms with Crippen molar-refractivity contribution in [1.82, 2.24) is 0 Å². The predicted molar refractivity (Wildman–Crippen MR) is 35.4 cm³/mol. The molecule has 0 saturated heterocycles. The first-order valence-electron chi connectivity index (χ1n) is 3.21. The van der Waals surface area contributed by atoms with Crippen LogP contribution >= 0.6 is 0 Å². The fourth-order valence-electron chi connectivity index (χ4n) is 1.05. The molecule has 0 spiro atoms. The van der Waals surface area contributed by atoms with Crippen LogP contribution < -0.4 is 0 Å². The monoisotopic (exact) mass is 142 g/mol. The van der Waals surface area contributed by atoms with Crippen molar-refractivity contribution in [2.24, 2.45) is 0 Å². The van der Waals surface area contributed by atoms with Crippen molar-refractivity contribution in [3.05, 3.63) is 11.6 Å². The van der Waals surface area contributed by atoms with Gasteiger partial charge in [-0.25, -0.2) is 0 Å². The predicted octanol–water partition coefficient (Wildman–Crippen LogP) is -0.373. The van der Waals surface area contributed by atoms with E-state index in [0.717, 1.165) is 0 Å². The van der Waals surface area contributed by atoms with E-state index in [-0.39, 0.29) is 12.2 Å². The fourth-order valence-corrected chi connectivity index (χ4v) is 1.05. The van der Waals surface area contributed by atoms with Gasteiger partial charge < -0.3 is 10.2 Å². The van der Waals surface area contributed by atoms with E-state index in [1.807, 2.05) is 0 Å². The first-order valence-corrected chi connectivity index (χ1v) is 3.21. The molecule has 2 unspecified atom stereocenters. The molecule has 0 fully saturated rings. The van der Waals surface area contributed by atoms with Crippen LogP contribution in [0.25, 0.3) is 0 Å². The topological polar surface area (TPSA) is 57.5 Å². The summed E-state index contributed by atoms with van der Waals surface area (Å²) in [5.41, 5.74) is 0.435. The molecule has 0 bridgehead atoms. The Morgan fingerprint density at radius 2 is 2.40 bits per heavy atom. The molecule has 0 aromatic heterocycles. The van der Waals surface area contributed by atoms with Crippen LogP contribution in [0.3, 0.4) is 0 Å². The standard InChI is InChI=1S/C7H10O3/c1-4(8)6-2-5(9)3-7(6)10/h2,4,7-8,10H,3H2,1H3. The van der Waals surface area contributed by atoms with Crippen molar-refractivity contribution in [1.29, 1.82) is 0 Å². The lowest BCUT2D eigenvalue weighted by Crippen LogP contribution is -2.15. The van der Waals surface area contributed by atoms with Crippen LogP contribution in [-0.2, 0) is 4.79 Å². The van der Waals surface area contributed by atoms with Crippen molar-refractivity contribution < 1.29 is 15.0 Å². The van der Waals surface area contributed by atoms with Gasteiger partial charge in [-0.3, -0.25) is 4.79 Å². The Bertz CT molecular complexity index is 181. The molecular formula is C7H10O3. The highest BCUT2D eigenvalue weighted by atomic mass is 16.3. The Labute approximate surface area is 59.0 Å². The summed E-state index contributed by atoms with van der Waals surface area (Å²) in [6, 6.07) is 0. The number of hydrogen-bond donors (Lipinski definition) is 2. The van der Waals surface area contributed by atoms with Crippen LogP contribution in [0.1, 0.15) is 13.3 Å². The number of hydrogen-bond acceptors (Lipinski definition) is 3. The maximum Gasteiger partial charge on any atom is 0.158 e. The van der Waals surface area contributed by atoms with E-state index in [1.165, 1.54) is 13.0 Å². The third-order valence-electron chi connectivity index (χ3n) is 1.59. The van der Waals surface area contributed by atoms with E-state index in [1.54, 1.807) is 0 Å². The lowest BCUT2D eigenvalue weighted by atomic mass is 10.1. The Morgan fingerprint density at radius 1 is 1.80 bits per heavy atom. The largest absolute Gasteiger partial charge is 0.389 e. The maximum atomic E-state index is 10.6. The van der Waals surface area contributed by atoms with Gasteiger partial charge in [0.25, 0.3) is 0 Å². The normalized spacial score (nSPS) is 28.5. The van der Waals surface area contributed by atoms with Gasteiger partial charge in [0.2, 0.25) is 0 Å². The van der Waals surface area contributed by atoms with Crippen LogP contribution in [0.15, 0.2) is 11.6 Å². The number of allylic oxidation sites excluding steroid dienone is 1. The molecule has 10 heavy (non-hydrogen) atoms. The average molecular weight is 142 g/mol. The minimum Gasteiger partial charge on any atom is -0.389 e. The van der Waals surface area contributed by atoms with Crippen LogP contribution in [0.5, 0.6) is 0 Å². The summed E-state index contributed by atoms with van der Waals surface area (Å²) in [6.07, 6.45) is -0.0239. The average Bonchev–Trinajstić information content (AvgIpc) is 2.10. The Morgan fingerprint density at radius 3 is 2.60 bits per heavy atom. The molecule has 0 heterocycles.